The van der Waals surface area contributed by atoms with Crippen LogP contribution in [0.4, 0.5) is 8.78 Å². The molecule has 2 rings (SSSR count). The normalized spacial score (nSPS) is 17.4. The molecule has 0 saturated carbocycles. The van der Waals surface area contributed by atoms with Crippen LogP contribution >= 0.6 is 0 Å². The van der Waals surface area contributed by atoms with Crippen molar-refractivity contribution in [3.05, 3.63) is 35.4 Å². The Balaban J connectivity index is 0.00000242. The summed E-state index contributed by atoms with van der Waals surface area (Å²) >= 11 is 0. The van der Waals surface area contributed by atoms with Crippen molar-refractivity contribution in [1.82, 2.24) is 4.90 Å². The molecule has 0 aliphatic carbocycles. The molecule has 6 heteroatoms. The van der Waals surface area contributed by atoms with Crippen molar-refractivity contribution in [1.29, 1.82) is 0 Å². The summed E-state index contributed by atoms with van der Waals surface area (Å²) in [6.07, 6.45) is 8.23. The van der Waals surface area contributed by atoms with Crippen molar-refractivity contribution in [2.24, 2.45) is 5.92 Å². The molecule has 1 aromatic rings. The molecule has 113 valence electrons. The van der Waals surface area contributed by atoms with Crippen LogP contribution < -0.4 is 4.74 Å². The molecular formula is C16H14F2NO2Y-. The molecule has 1 aromatic carbocycles. The second-order valence-electron chi connectivity index (χ2n) is 4.78. The van der Waals surface area contributed by atoms with Crippen molar-refractivity contribution in [2.45, 2.75) is 13.3 Å². The molecule has 22 heavy (non-hydrogen) atoms. The van der Waals surface area contributed by atoms with E-state index in [-0.39, 0.29) is 68.2 Å². The summed E-state index contributed by atoms with van der Waals surface area (Å²) in [7, 11) is 1.47. The van der Waals surface area contributed by atoms with E-state index in [1.807, 2.05) is 0 Å². The summed E-state index contributed by atoms with van der Waals surface area (Å²) in [5.41, 5.74) is -0.178. The van der Waals surface area contributed by atoms with Gasteiger partial charge in [0.15, 0.2) is 0 Å². The number of carbonyl (C=O) groups is 1. The van der Waals surface area contributed by atoms with E-state index in [1.54, 1.807) is 6.92 Å². The zero-order valence-electron chi connectivity index (χ0n) is 12.3. The van der Waals surface area contributed by atoms with Crippen LogP contribution in [-0.4, -0.2) is 24.5 Å². The summed E-state index contributed by atoms with van der Waals surface area (Å²) in [6.45, 7) is 1.66. The van der Waals surface area contributed by atoms with Gasteiger partial charge < -0.3 is 9.64 Å². The summed E-state index contributed by atoms with van der Waals surface area (Å²) in [5, 5.41) is 0. The molecular weight excluding hydrogens is 365 g/mol. The maximum Gasteiger partial charge on any atom is 0.225 e. The first kappa shape index (κ1) is 18.8. The van der Waals surface area contributed by atoms with Gasteiger partial charge in [0.1, 0.15) is 12.4 Å². The second-order valence-corrected chi connectivity index (χ2v) is 4.78. The van der Waals surface area contributed by atoms with Crippen molar-refractivity contribution >= 4 is 11.6 Å². The molecule has 0 aromatic heterocycles. The van der Waals surface area contributed by atoms with E-state index >= 15 is 0 Å². The van der Waals surface area contributed by atoms with Gasteiger partial charge in [-0.25, -0.2) is 14.9 Å². The molecule has 1 aliphatic heterocycles. The minimum atomic E-state index is -0.821. The second kappa shape index (κ2) is 7.85. The first-order valence-electron chi connectivity index (χ1n) is 6.39. The Bertz CT molecular complexity index is 629. The minimum Gasteiger partial charge on any atom is -0.481 e. The quantitative estimate of drug-likeness (QED) is 0.597. The maximum absolute atomic E-state index is 14.1. The van der Waals surface area contributed by atoms with E-state index in [0.29, 0.717) is 6.42 Å². The van der Waals surface area contributed by atoms with Crippen LogP contribution in [0.1, 0.15) is 18.9 Å². The molecule has 1 unspecified atom stereocenters. The van der Waals surface area contributed by atoms with Gasteiger partial charge in [-0.2, -0.15) is 0 Å². The van der Waals surface area contributed by atoms with Gasteiger partial charge in [-0.1, -0.05) is 24.8 Å². The Morgan fingerprint density at radius 3 is 2.59 bits per heavy atom. The van der Waals surface area contributed by atoms with Crippen molar-refractivity contribution in [2.75, 3.05) is 13.7 Å². The van der Waals surface area contributed by atoms with Gasteiger partial charge in [-0.15, -0.1) is 12.1 Å². The molecule has 0 fully saturated rings. The maximum atomic E-state index is 14.1. The molecule has 1 amide bonds. The van der Waals surface area contributed by atoms with E-state index < -0.39 is 11.6 Å². The summed E-state index contributed by atoms with van der Waals surface area (Å²) in [6, 6.07) is 2.08. The van der Waals surface area contributed by atoms with Gasteiger partial charge in [-0.3, -0.25) is 4.79 Å². The van der Waals surface area contributed by atoms with Crippen LogP contribution in [-0.2, 0) is 37.5 Å². The predicted octanol–water partition coefficient (Wildman–Crippen LogP) is 2.62. The molecule has 0 bridgehead atoms. The third-order valence-electron chi connectivity index (χ3n) is 3.24. The fourth-order valence-corrected chi connectivity index (χ4v) is 2.14. The smallest absolute Gasteiger partial charge is 0.225 e. The van der Waals surface area contributed by atoms with E-state index in [9.17, 15) is 13.6 Å². The topological polar surface area (TPSA) is 29.5 Å². The number of nitrogens with zero attached hydrogens (tertiary/aromatic N) is 1. The van der Waals surface area contributed by atoms with Crippen molar-refractivity contribution < 1.29 is 51.0 Å². The number of halogens is 2. The van der Waals surface area contributed by atoms with Gasteiger partial charge in [0, 0.05) is 45.7 Å². The first-order valence-corrected chi connectivity index (χ1v) is 6.39. The average molecular weight is 379 g/mol. The number of amides is 1. The average Bonchev–Trinajstić information content (AvgIpc) is 2.44. The number of terminal acetylenes is 1. The number of carbonyl (C=O) groups excluding carboxylic acids is 1. The van der Waals surface area contributed by atoms with Crippen molar-refractivity contribution in [3.63, 3.8) is 0 Å². The standard InChI is InChI=1S/C16H14F2NO2.Y/c1-4-7-21-11-8-12(17)15(13(18)9-11)14-6-5-10(2)16(20)19(14)3;/h1,8-10H,5,7H2,2-3H3;/q-1;. The van der Waals surface area contributed by atoms with Gasteiger partial charge in [0.05, 0.1) is 11.6 Å². The third kappa shape index (κ3) is 3.74. The van der Waals surface area contributed by atoms with Crippen LogP contribution in [0.15, 0.2) is 12.1 Å². The van der Waals surface area contributed by atoms with Crippen LogP contribution in [0.25, 0.3) is 5.70 Å². The van der Waals surface area contributed by atoms with E-state index in [1.165, 1.54) is 11.9 Å². The fourth-order valence-electron chi connectivity index (χ4n) is 2.14. The third-order valence-corrected chi connectivity index (χ3v) is 3.24. The number of rotatable bonds is 3. The minimum absolute atomic E-state index is 0. The summed E-state index contributed by atoms with van der Waals surface area (Å²) in [4.78, 5) is 13.1. The Labute approximate surface area is 153 Å². The first-order chi connectivity index (χ1) is 9.95. The van der Waals surface area contributed by atoms with E-state index in [0.717, 1.165) is 12.1 Å². The number of ether oxygens (including phenoxy) is 1. The van der Waals surface area contributed by atoms with Crippen LogP contribution in [0.5, 0.6) is 5.75 Å². The molecule has 0 N–H and O–H groups in total. The number of allylic oxidation sites excluding steroid dienone is 1. The van der Waals surface area contributed by atoms with E-state index in [2.05, 4.69) is 12.0 Å². The SMILES string of the molecule is C#CCOc1cc(F)c(C2=[C-]CC(C)C(=O)N2C)c(F)c1.[Y]. The summed E-state index contributed by atoms with van der Waals surface area (Å²) in [5.74, 6) is 0.131. The molecule has 0 saturated heterocycles. The molecule has 1 radical (unpaired) electrons. The predicted molar refractivity (Wildman–Crippen MR) is 73.9 cm³/mol. The van der Waals surface area contributed by atoms with Gasteiger partial charge >= 0.3 is 0 Å². The zero-order chi connectivity index (χ0) is 15.6. The number of benzene rings is 1. The fraction of sp³-hybridized carbons (Fsp3) is 0.312. The largest absolute Gasteiger partial charge is 0.481 e. The van der Waals surface area contributed by atoms with Crippen LogP contribution in [0.3, 0.4) is 0 Å². The van der Waals surface area contributed by atoms with E-state index in [4.69, 9.17) is 11.2 Å². The number of hydrogen-bond donors (Lipinski definition) is 0. The Kier molecular flexibility index (Phi) is 6.71. The van der Waals surface area contributed by atoms with Crippen LogP contribution in [0.2, 0.25) is 0 Å². The molecule has 1 aliphatic rings. The Hall–Kier alpha value is -1.25. The monoisotopic (exact) mass is 379 g/mol. The molecule has 0 spiro atoms. The molecule has 1 atom stereocenters. The van der Waals surface area contributed by atoms with Crippen LogP contribution in [0, 0.1) is 36.0 Å². The summed E-state index contributed by atoms with van der Waals surface area (Å²) < 4.78 is 33.3. The molecule has 1 heterocycles. The van der Waals surface area contributed by atoms with Gasteiger partial charge in [0.2, 0.25) is 5.91 Å². The number of hydrogen-bond acceptors (Lipinski definition) is 2. The zero-order valence-corrected chi connectivity index (χ0v) is 15.2. The Morgan fingerprint density at radius 2 is 2.05 bits per heavy atom. The van der Waals surface area contributed by atoms with Gasteiger partial charge in [0.25, 0.3) is 0 Å². The molecule has 3 nitrogen and oxygen atoms in total. The van der Waals surface area contributed by atoms with Gasteiger partial charge in [-0.05, 0) is 12.1 Å². The Morgan fingerprint density at radius 1 is 1.45 bits per heavy atom. The van der Waals surface area contributed by atoms with Crippen molar-refractivity contribution in [3.8, 4) is 18.1 Å².